The van der Waals surface area contributed by atoms with Gasteiger partial charge in [0, 0.05) is 26.0 Å². The van der Waals surface area contributed by atoms with Crippen LogP contribution in [0.5, 0.6) is 0 Å². The lowest BCUT2D eigenvalue weighted by atomic mass is 9.82. The molecule has 282 valence electrons. The Morgan fingerprint density at radius 2 is 1.78 bits per heavy atom. The minimum atomic E-state index is -1.34. The Labute approximate surface area is 304 Å². The van der Waals surface area contributed by atoms with E-state index in [9.17, 15) is 24.9 Å². The molecule has 0 amide bonds. The Morgan fingerprint density at radius 1 is 1.04 bits per heavy atom. The molecule has 1 saturated heterocycles. The minimum absolute atomic E-state index is 0.0768. The number of carbonyl (C=O) groups is 2. The standard InChI is InChI=1S/C37H54N4O9S/c1-22-18-27(16-17-38-20-25-12-14-26(15-13-25)30-21-39-40-51-30)35(50-37-34(46)32(41(4)5)33(45)24(3)49-37)36(47-6)29(43)19-31(44)48-23(2)10-8-7-9-11-28(22)42/h7-9,11-15,21-24,27,29,32-38,43,45-46H,10,16-20H2,1-6H3/b8-7+,11-9+/t22-,23-,24-,27+,29+,32+,33-,34-,35+,36+,37+/m1/s1. The van der Waals surface area contributed by atoms with Crippen LogP contribution in [0.3, 0.4) is 0 Å². The van der Waals surface area contributed by atoms with Gasteiger partial charge in [0.2, 0.25) is 0 Å². The first-order valence-electron chi connectivity index (χ1n) is 17.6. The van der Waals surface area contributed by atoms with E-state index < -0.39 is 72.9 Å². The Morgan fingerprint density at radius 3 is 2.45 bits per heavy atom. The fourth-order valence-corrected chi connectivity index (χ4v) is 7.24. The Kier molecular flexibility index (Phi) is 15.8. The van der Waals surface area contributed by atoms with Gasteiger partial charge in [-0.25, -0.2) is 0 Å². The van der Waals surface area contributed by atoms with Crippen molar-refractivity contribution in [3.63, 3.8) is 0 Å². The van der Waals surface area contributed by atoms with Crippen LogP contribution >= 0.6 is 11.5 Å². The zero-order valence-electron chi connectivity index (χ0n) is 30.3. The van der Waals surface area contributed by atoms with Gasteiger partial charge in [-0.15, -0.1) is 5.10 Å². The third kappa shape index (κ3) is 11.5. The van der Waals surface area contributed by atoms with Crippen LogP contribution in [-0.4, -0.2) is 124 Å². The number of likely N-dealkylation sites (N-methyl/N-ethyl adjacent to an activating group) is 1. The van der Waals surface area contributed by atoms with Gasteiger partial charge in [0.1, 0.15) is 18.3 Å². The van der Waals surface area contributed by atoms with Crippen LogP contribution in [0.15, 0.2) is 54.8 Å². The van der Waals surface area contributed by atoms with Crippen molar-refractivity contribution in [2.75, 3.05) is 27.7 Å². The van der Waals surface area contributed by atoms with E-state index in [2.05, 4.69) is 14.9 Å². The van der Waals surface area contributed by atoms with Crippen molar-refractivity contribution in [1.29, 1.82) is 0 Å². The third-order valence-electron chi connectivity index (χ3n) is 9.58. The average molecular weight is 731 g/mol. The molecule has 11 atom stereocenters. The number of esters is 1. The molecule has 13 nitrogen and oxygen atoms in total. The number of nitrogens with zero attached hydrogens (tertiary/aromatic N) is 3. The summed E-state index contributed by atoms with van der Waals surface area (Å²) >= 11 is 1.34. The first-order valence-corrected chi connectivity index (χ1v) is 18.3. The van der Waals surface area contributed by atoms with Gasteiger partial charge in [0.25, 0.3) is 0 Å². The van der Waals surface area contributed by atoms with Gasteiger partial charge in [-0.3, -0.25) is 9.59 Å². The summed E-state index contributed by atoms with van der Waals surface area (Å²) in [6.45, 7) is 6.39. The van der Waals surface area contributed by atoms with Crippen LogP contribution in [0.2, 0.25) is 0 Å². The highest BCUT2D eigenvalue weighted by Gasteiger charge is 2.48. The molecule has 4 rings (SSSR count). The lowest BCUT2D eigenvalue weighted by molar-refractivity contribution is -0.309. The summed E-state index contributed by atoms with van der Waals surface area (Å²) in [7, 11) is 4.93. The van der Waals surface area contributed by atoms with Crippen molar-refractivity contribution in [2.24, 2.45) is 11.8 Å². The van der Waals surface area contributed by atoms with E-state index in [1.165, 1.54) is 24.7 Å². The summed E-state index contributed by atoms with van der Waals surface area (Å²) in [5.74, 6) is -1.52. The fourth-order valence-electron chi connectivity index (χ4n) is 6.72. The first kappa shape index (κ1) is 40.8. The van der Waals surface area contributed by atoms with Crippen LogP contribution in [0, 0.1) is 11.8 Å². The molecular weight excluding hydrogens is 676 g/mol. The molecule has 2 aliphatic rings. The summed E-state index contributed by atoms with van der Waals surface area (Å²) in [6.07, 6.45) is 1.50. The van der Waals surface area contributed by atoms with Crippen LogP contribution in [0.1, 0.15) is 52.0 Å². The number of aliphatic hydroxyl groups is 3. The van der Waals surface area contributed by atoms with E-state index in [1.807, 2.05) is 37.3 Å². The monoisotopic (exact) mass is 730 g/mol. The number of aromatic nitrogens is 2. The van der Waals surface area contributed by atoms with Crippen LogP contribution < -0.4 is 5.32 Å². The largest absolute Gasteiger partial charge is 0.462 e. The molecule has 0 spiro atoms. The van der Waals surface area contributed by atoms with Gasteiger partial charge in [0.05, 0.1) is 48.0 Å². The second-order valence-corrected chi connectivity index (χ2v) is 14.6. The SMILES string of the molecule is CO[C@@H]1[C@@H](O[C@@H]2O[C@H](C)[C@@H](O)[C@H](N(C)C)[C@H]2O)[C@@H](CCNCc2ccc(-c3cnns3)cc2)C[C@@H](C)C(=O)/C=C/C=C/C[C@@H](C)OC(=O)C[C@@H]1O. The fraction of sp³-hybridized carbons (Fsp3) is 0.622. The minimum Gasteiger partial charge on any atom is -0.462 e. The second kappa shape index (κ2) is 19.8. The van der Waals surface area contributed by atoms with Crippen molar-refractivity contribution in [3.8, 4) is 10.4 Å². The molecule has 51 heavy (non-hydrogen) atoms. The number of ketones is 1. The Bertz CT molecular complexity index is 1420. The van der Waals surface area contributed by atoms with Gasteiger partial charge in [0.15, 0.2) is 12.1 Å². The average Bonchev–Trinajstić information content (AvgIpc) is 3.63. The number of methoxy groups -OCH3 is 1. The number of cyclic esters (lactones) is 1. The highest BCUT2D eigenvalue weighted by atomic mass is 32.1. The number of ether oxygens (including phenoxy) is 4. The third-order valence-corrected chi connectivity index (χ3v) is 10.3. The normalized spacial score (nSPS) is 34.3. The van der Waals surface area contributed by atoms with E-state index in [0.717, 1.165) is 16.0 Å². The van der Waals surface area contributed by atoms with Crippen molar-refractivity contribution in [2.45, 2.75) is 108 Å². The zero-order valence-corrected chi connectivity index (χ0v) is 31.1. The number of benzene rings is 1. The molecule has 1 aromatic carbocycles. The predicted octanol–water partition coefficient (Wildman–Crippen LogP) is 2.89. The highest BCUT2D eigenvalue weighted by molar-refractivity contribution is 7.09. The summed E-state index contributed by atoms with van der Waals surface area (Å²) < 4.78 is 28.0. The number of allylic oxidation sites excluding steroid dienone is 3. The van der Waals surface area contributed by atoms with Crippen LogP contribution in [0.25, 0.3) is 10.4 Å². The molecule has 4 N–H and O–H groups in total. The van der Waals surface area contributed by atoms with E-state index >= 15 is 0 Å². The van der Waals surface area contributed by atoms with Gasteiger partial charge in [-0.2, -0.15) is 0 Å². The Hall–Kier alpha value is -2.92. The van der Waals surface area contributed by atoms with Crippen molar-refractivity contribution in [3.05, 3.63) is 60.3 Å². The lowest BCUT2D eigenvalue weighted by Crippen LogP contribution is -2.63. The summed E-state index contributed by atoms with van der Waals surface area (Å²) in [4.78, 5) is 29.0. The lowest BCUT2D eigenvalue weighted by Gasteiger charge is -2.46. The van der Waals surface area contributed by atoms with Gasteiger partial charge >= 0.3 is 5.97 Å². The topological polar surface area (TPSA) is 173 Å². The Balaban J connectivity index is 1.62. The molecule has 3 heterocycles. The number of hydrogen-bond donors (Lipinski definition) is 4. The van der Waals surface area contributed by atoms with Gasteiger partial charge in [-0.1, -0.05) is 53.9 Å². The summed E-state index contributed by atoms with van der Waals surface area (Å²) in [5, 5.41) is 41.2. The van der Waals surface area contributed by atoms with Crippen LogP contribution in [-0.2, 0) is 35.1 Å². The highest BCUT2D eigenvalue weighted by Crippen LogP contribution is 2.33. The van der Waals surface area contributed by atoms with E-state index in [-0.39, 0.29) is 12.2 Å². The quantitative estimate of drug-likeness (QED) is 0.208. The molecule has 0 bridgehead atoms. The zero-order chi connectivity index (χ0) is 37.1. The maximum Gasteiger partial charge on any atom is 0.308 e. The van der Waals surface area contributed by atoms with Gasteiger partial charge in [-0.05, 0) is 82.0 Å². The number of aliphatic hydroxyl groups excluding tert-OH is 3. The maximum absolute atomic E-state index is 13.3. The second-order valence-electron chi connectivity index (χ2n) is 13.8. The molecule has 0 unspecified atom stereocenters. The van der Waals surface area contributed by atoms with Crippen molar-refractivity contribution >= 4 is 23.3 Å². The molecular formula is C37H54N4O9S. The first-order chi connectivity index (χ1) is 24.4. The molecule has 0 aliphatic carbocycles. The number of hydrogen-bond acceptors (Lipinski definition) is 14. The van der Waals surface area contributed by atoms with Crippen molar-refractivity contribution in [1.82, 2.24) is 19.8 Å². The smallest absolute Gasteiger partial charge is 0.308 e. The molecule has 2 aromatic rings. The molecule has 1 aromatic heterocycles. The van der Waals surface area contributed by atoms with E-state index in [4.69, 9.17) is 18.9 Å². The van der Waals surface area contributed by atoms with E-state index in [0.29, 0.717) is 32.4 Å². The number of nitrogens with one attached hydrogen (secondary N) is 1. The number of carbonyl (C=O) groups excluding carboxylic acids is 2. The molecule has 14 heteroatoms. The molecule has 0 radical (unpaired) electrons. The summed E-state index contributed by atoms with van der Waals surface area (Å²) in [5.41, 5.74) is 2.11. The van der Waals surface area contributed by atoms with E-state index in [1.54, 1.807) is 51.2 Å². The number of rotatable bonds is 10. The molecule has 2 aliphatic heterocycles. The van der Waals surface area contributed by atoms with Crippen molar-refractivity contribution < 1.29 is 43.9 Å². The van der Waals surface area contributed by atoms with Crippen LogP contribution in [0.4, 0.5) is 0 Å². The molecule has 1 fully saturated rings. The molecule has 0 saturated carbocycles. The summed E-state index contributed by atoms with van der Waals surface area (Å²) in [6, 6.07) is 7.43. The maximum atomic E-state index is 13.3. The predicted molar refractivity (Wildman–Crippen MR) is 193 cm³/mol. The van der Waals surface area contributed by atoms with Gasteiger partial charge < -0.3 is 44.5 Å².